The number of hydrogen-bond donors (Lipinski definition) is 4. The Kier molecular flexibility index (Phi) is 6.53. The van der Waals surface area contributed by atoms with Crippen LogP contribution in [0.15, 0.2) is 12.1 Å². The lowest BCUT2D eigenvalue weighted by Gasteiger charge is -2.45. The normalized spacial score (nSPS) is 22.8. The van der Waals surface area contributed by atoms with Crippen LogP contribution in [0.2, 0.25) is 0 Å². The summed E-state index contributed by atoms with van der Waals surface area (Å²) in [5, 5.41) is 20.7. The first-order chi connectivity index (χ1) is 11.1. The van der Waals surface area contributed by atoms with Gasteiger partial charge < -0.3 is 10.4 Å². The molecule has 1 aliphatic rings. The van der Waals surface area contributed by atoms with Crippen molar-refractivity contribution in [1.82, 2.24) is 20.9 Å². The van der Waals surface area contributed by atoms with E-state index in [9.17, 15) is 5.11 Å². The number of nitrogens with zero attached hydrogens (tertiary/aromatic N) is 1. The number of nitrogens with one attached hydrogen (secondary N) is 3. The number of pyridine rings is 1. The molecule has 1 aromatic rings. The zero-order valence-corrected chi connectivity index (χ0v) is 14.9. The quantitative estimate of drug-likeness (QED) is 0.436. The Morgan fingerprint density at radius 3 is 2.52 bits per heavy atom. The third kappa shape index (κ3) is 3.74. The van der Waals surface area contributed by atoms with E-state index in [0.29, 0.717) is 0 Å². The van der Waals surface area contributed by atoms with E-state index in [2.05, 4.69) is 35.0 Å². The Balaban J connectivity index is 2.24. The topological polar surface area (TPSA) is 69.2 Å². The van der Waals surface area contributed by atoms with Gasteiger partial charge in [-0.1, -0.05) is 32.3 Å². The van der Waals surface area contributed by atoms with Gasteiger partial charge >= 0.3 is 0 Å². The van der Waals surface area contributed by atoms with E-state index >= 15 is 0 Å². The summed E-state index contributed by atoms with van der Waals surface area (Å²) in [6.07, 6.45) is 6.13. The second kappa shape index (κ2) is 8.20. The van der Waals surface area contributed by atoms with Crippen molar-refractivity contribution in [3.05, 3.63) is 29.1 Å². The molecule has 0 saturated heterocycles. The number of fused-ring (bicyclic) bond motifs is 1. The number of aromatic nitrogens is 1. The molecule has 5 heteroatoms. The van der Waals surface area contributed by atoms with Crippen molar-refractivity contribution in [3.8, 4) is 0 Å². The average Bonchev–Trinajstić information content (AvgIpc) is 2.59. The molecule has 0 aromatic carbocycles. The van der Waals surface area contributed by atoms with Crippen molar-refractivity contribution in [2.75, 3.05) is 21.1 Å². The first-order valence-corrected chi connectivity index (χ1v) is 8.84. The van der Waals surface area contributed by atoms with Crippen LogP contribution in [-0.2, 0) is 6.42 Å². The lowest BCUT2D eigenvalue weighted by molar-refractivity contribution is 0.0189. The van der Waals surface area contributed by atoms with Crippen molar-refractivity contribution >= 4 is 0 Å². The van der Waals surface area contributed by atoms with Crippen molar-refractivity contribution in [2.45, 2.75) is 63.3 Å². The molecule has 2 unspecified atom stereocenters. The molecular weight excluding hydrogens is 288 g/mol. The van der Waals surface area contributed by atoms with Gasteiger partial charge in [0.2, 0.25) is 0 Å². The fourth-order valence-electron chi connectivity index (χ4n) is 3.55. The predicted molar refractivity (Wildman–Crippen MR) is 94.3 cm³/mol. The highest BCUT2D eigenvalue weighted by molar-refractivity contribution is 5.34. The van der Waals surface area contributed by atoms with Gasteiger partial charge in [-0.2, -0.15) is 0 Å². The molecule has 0 saturated carbocycles. The third-order valence-corrected chi connectivity index (χ3v) is 5.16. The zero-order chi connectivity index (χ0) is 16.9. The molecule has 1 aliphatic carbocycles. The van der Waals surface area contributed by atoms with Crippen LogP contribution in [0.25, 0.3) is 0 Å². The highest BCUT2D eigenvalue weighted by atomic mass is 16.3. The lowest BCUT2D eigenvalue weighted by Crippen LogP contribution is -2.61. The van der Waals surface area contributed by atoms with E-state index in [0.717, 1.165) is 29.8 Å². The van der Waals surface area contributed by atoms with Gasteiger partial charge in [-0.15, -0.1) is 0 Å². The summed E-state index contributed by atoms with van der Waals surface area (Å²) >= 11 is 0. The minimum Gasteiger partial charge on any atom is -0.385 e. The molecule has 1 heterocycles. The summed E-state index contributed by atoms with van der Waals surface area (Å²) in [7, 11) is 5.72. The SMILES string of the molecule is CCCCCCc1ccc2c(n1)C(NC)CC(NC)(NC)C2O. The first kappa shape index (κ1) is 18.3. The van der Waals surface area contributed by atoms with Crippen LogP contribution in [0.5, 0.6) is 0 Å². The van der Waals surface area contributed by atoms with Gasteiger partial charge in [0.25, 0.3) is 0 Å². The van der Waals surface area contributed by atoms with Crippen LogP contribution in [-0.4, -0.2) is 36.9 Å². The maximum atomic E-state index is 10.8. The highest BCUT2D eigenvalue weighted by Gasteiger charge is 2.44. The standard InChI is InChI=1S/C18H32N4O/c1-5-6-7-8-9-13-10-11-14-16(22-13)15(19-2)12-18(20-3,21-4)17(14)23/h10-11,15,17,19-21,23H,5-9,12H2,1-4H3. The molecule has 0 radical (unpaired) electrons. The first-order valence-electron chi connectivity index (χ1n) is 8.84. The van der Waals surface area contributed by atoms with Crippen molar-refractivity contribution in [1.29, 1.82) is 0 Å². The van der Waals surface area contributed by atoms with Gasteiger partial charge in [0.1, 0.15) is 11.8 Å². The molecule has 2 rings (SSSR count). The van der Waals surface area contributed by atoms with E-state index in [1.807, 2.05) is 21.1 Å². The fourth-order valence-corrected chi connectivity index (χ4v) is 3.55. The molecule has 2 atom stereocenters. The Hall–Kier alpha value is -1.01. The van der Waals surface area contributed by atoms with E-state index < -0.39 is 11.8 Å². The monoisotopic (exact) mass is 320 g/mol. The number of unbranched alkanes of at least 4 members (excludes halogenated alkanes) is 3. The van der Waals surface area contributed by atoms with E-state index in [4.69, 9.17) is 4.98 Å². The Bertz CT molecular complexity index is 502. The molecule has 0 amide bonds. The molecule has 0 aliphatic heterocycles. The number of aryl methyl sites for hydroxylation is 1. The van der Waals surface area contributed by atoms with Crippen molar-refractivity contribution < 1.29 is 5.11 Å². The summed E-state index contributed by atoms with van der Waals surface area (Å²) in [5.41, 5.74) is 2.52. The second-order valence-electron chi connectivity index (χ2n) is 6.51. The van der Waals surface area contributed by atoms with Crippen molar-refractivity contribution in [2.24, 2.45) is 0 Å². The van der Waals surface area contributed by atoms with E-state index in [-0.39, 0.29) is 6.04 Å². The van der Waals surface area contributed by atoms with E-state index in [1.165, 1.54) is 25.7 Å². The van der Waals surface area contributed by atoms with Gasteiger partial charge in [-0.25, -0.2) is 0 Å². The molecule has 23 heavy (non-hydrogen) atoms. The summed E-state index contributed by atoms with van der Waals surface area (Å²) < 4.78 is 0. The smallest absolute Gasteiger partial charge is 0.112 e. The molecular formula is C18H32N4O. The number of hydrogen-bond acceptors (Lipinski definition) is 5. The number of aliphatic hydroxyl groups excluding tert-OH is 1. The Labute approximate surface area is 140 Å². The fraction of sp³-hybridized carbons (Fsp3) is 0.722. The molecule has 5 nitrogen and oxygen atoms in total. The van der Waals surface area contributed by atoms with Crippen LogP contribution in [0.3, 0.4) is 0 Å². The maximum Gasteiger partial charge on any atom is 0.112 e. The van der Waals surface area contributed by atoms with Crippen LogP contribution in [0.4, 0.5) is 0 Å². The van der Waals surface area contributed by atoms with Gasteiger partial charge in [0.15, 0.2) is 0 Å². The average molecular weight is 320 g/mol. The van der Waals surface area contributed by atoms with Crippen LogP contribution in [0, 0.1) is 0 Å². The highest BCUT2D eigenvalue weighted by Crippen LogP contribution is 2.40. The van der Waals surface area contributed by atoms with Gasteiger partial charge in [-0.3, -0.25) is 15.6 Å². The molecule has 0 fully saturated rings. The molecule has 130 valence electrons. The summed E-state index contributed by atoms with van der Waals surface area (Å²) in [6.45, 7) is 2.23. The van der Waals surface area contributed by atoms with Gasteiger partial charge in [0, 0.05) is 17.7 Å². The van der Waals surface area contributed by atoms with Crippen LogP contribution >= 0.6 is 0 Å². The van der Waals surface area contributed by atoms with E-state index in [1.54, 1.807) is 0 Å². The minimum absolute atomic E-state index is 0.129. The Morgan fingerprint density at radius 2 is 1.91 bits per heavy atom. The minimum atomic E-state index is -0.612. The lowest BCUT2D eigenvalue weighted by atomic mass is 9.80. The predicted octanol–water partition coefficient (Wildman–Crippen LogP) is 2.04. The molecule has 0 bridgehead atoms. The van der Waals surface area contributed by atoms with Crippen molar-refractivity contribution in [3.63, 3.8) is 0 Å². The van der Waals surface area contributed by atoms with Gasteiger partial charge in [-0.05, 0) is 40.1 Å². The summed E-state index contributed by atoms with van der Waals surface area (Å²) in [6, 6.07) is 4.25. The number of likely N-dealkylation sites (N-methyl/N-ethyl adjacent to an activating group) is 2. The molecule has 4 N–H and O–H groups in total. The van der Waals surface area contributed by atoms with Gasteiger partial charge in [0.05, 0.1) is 11.7 Å². The summed E-state index contributed by atoms with van der Waals surface area (Å²) in [5.74, 6) is 0. The number of rotatable bonds is 8. The molecule has 1 aromatic heterocycles. The zero-order valence-electron chi connectivity index (χ0n) is 14.9. The maximum absolute atomic E-state index is 10.8. The van der Waals surface area contributed by atoms with Crippen LogP contribution in [0.1, 0.15) is 68.1 Å². The second-order valence-corrected chi connectivity index (χ2v) is 6.51. The van der Waals surface area contributed by atoms with Crippen LogP contribution < -0.4 is 16.0 Å². The summed E-state index contributed by atoms with van der Waals surface area (Å²) in [4.78, 5) is 4.87. The molecule has 0 spiro atoms. The third-order valence-electron chi connectivity index (χ3n) is 5.16. The largest absolute Gasteiger partial charge is 0.385 e. The Morgan fingerprint density at radius 1 is 1.17 bits per heavy atom. The number of aliphatic hydroxyl groups is 1.